The molecule has 1 atom stereocenters. The molecule has 0 amide bonds. The molecule has 1 heterocycles. The van der Waals surface area contributed by atoms with E-state index in [1.54, 1.807) is 0 Å². The lowest BCUT2D eigenvalue weighted by Crippen LogP contribution is -2.05. The number of halogens is 1. The number of hydrogen-bond donors (Lipinski definition) is 2. The van der Waals surface area contributed by atoms with Crippen molar-refractivity contribution >= 4 is 18.1 Å². The Balaban J connectivity index is 0.000000980. The molecule has 0 aliphatic carbocycles. The number of aliphatic hydroxyl groups excluding tert-OH is 1. The lowest BCUT2D eigenvalue weighted by molar-refractivity contribution is 0.273. The largest absolute Gasteiger partial charge is 0.396 e. The molecule has 1 aliphatic heterocycles. The van der Waals surface area contributed by atoms with E-state index in [0.717, 1.165) is 13.0 Å². The first-order valence-electron chi connectivity index (χ1n) is 4.83. The average molecular weight is 214 g/mol. The van der Waals surface area contributed by atoms with Crippen LogP contribution in [-0.4, -0.2) is 18.3 Å². The average Bonchev–Trinajstić information content (AvgIpc) is 2.60. The molecular formula is C11H16ClNO. The molecule has 0 saturated carbocycles. The van der Waals surface area contributed by atoms with E-state index in [1.165, 1.54) is 16.8 Å². The molecule has 1 aromatic carbocycles. The van der Waals surface area contributed by atoms with Crippen LogP contribution in [0.2, 0.25) is 0 Å². The van der Waals surface area contributed by atoms with Gasteiger partial charge >= 0.3 is 0 Å². The van der Waals surface area contributed by atoms with Gasteiger partial charge in [0.05, 0.1) is 6.61 Å². The molecule has 2 nitrogen and oxygen atoms in total. The number of nitrogens with one attached hydrogen (secondary N) is 1. The second kappa shape index (κ2) is 4.67. The summed E-state index contributed by atoms with van der Waals surface area (Å²) in [4.78, 5) is 0. The molecule has 0 spiro atoms. The molecule has 2 N–H and O–H groups in total. The third-order valence-electron chi connectivity index (χ3n) is 2.75. The molecule has 14 heavy (non-hydrogen) atoms. The summed E-state index contributed by atoms with van der Waals surface area (Å²) in [7, 11) is 0. The van der Waals surface area contributed by atoms with Gasteiger partial charge in [-0.1, -0.05) is 25.1 Å². The highest BCUT2D eigenvalue weighted by Crippen LogP contribution is 2.33. The monoisotopic (exact) mass is 213 g/mol. The normalized spacial score (nSPS) is 18.3. The Kier molecular flexibility index (Phi) is 3.78. The van der Waals surface area contributed by atoms with Crippen LogP contribution in [0, 0.1) is 0 Å². The molecular weight excluding hydrogens is 198 g/mol. The highest BCUT2D eigenvalue weighted by Gasteiger charge is 2.22. The summed E-state index contributed by atoms with van der Waals surface area (Å²) in [6, 6.07) is 6.33. The Morgan fingerprint density at radius 1 is 1.50 bits per heavy atom. The summed E-state index contributed by atoms with van der Waals surface area (Å²) in [5, 5.41) is 12.5. The van der Waals surface area contributed by atoms with Crippen LogP contribution >= 0.6 is 12.4 Å². The van der Waals surface area contributed by atoms with Crippen molar-refractivity contribution in [1.82, 2.24) is 0 Å². The minimum Gasteiger partial charge on any atom is -0.396 e. The number of fused-ring (bicyclic) bond motifs is 1. The van der Waals surface area contributed by atoms with E-state index in [4.69, 9.17) is 5.11 Å². The maximum absolute atomic E-state index is 9.14. The molecule has 1 aromatic rings. The van der Waals surface area contributed by atoms with Crippen LogP contribution in [0.5, 0.6) is 0 Å². The van der Waals surface area contributed by atoms with Gasteiger partial charge in [-0.05, 0) is 17.5 Å². The predicted molar refractivity (Wildman–Crippen MR) is 61.4 cm³/mol. The van der Waals surface area contributed by atoms with Crippen LogP contribution in [-0.2, 0) is 6.42 Å². The van der Waals surface area contributed by atoms with Crippen molar-refractivity contribution in [2.75, 3.05) is 18.5 Å². The maximum atomic E-state index is 9.14. The van der Waals surface area contributed by atoms with Crippen molar-refractivity contribution in [2.45, 2.75) is 19.3 Å². The number of aryl methyl sites for hydroxylation is 1. The summed E-state index contributed by atoms with van der Waals surface area (Å²) < 4.78 is 0. The third kappa shape index (κ3) is 1.72. The number of hydrogen-bond acceptors (Lipinski definition) is 2. The maximum Gasteiger partial charge on any atom is 0.0517 e. The summed E-state index contributed by atoms with van der Waals surface area (Å²) in [6.07, 6.45) is 1.05. The van der Waals surface area contributed by atoms with Crippen molar-refractivity contribution in [2.24, 2.45) is 0 Å². The van der Waals surface area contributed by atoms with Crippen LogP contribution in [0.25, 0.3) is 0 Å². The second-order valence-electron chi connectivity index (χ2n) is 3.50. The number of aliphatic hydroxyl groups is 1. The molecule has 0 aromatic heterocycles. The minimum atomic E-state index is 0. The molecule has 3 heteroatoms. The van der Waals surface area contributed by atoms with Gasteiger partial charge in [-0.2, -0.15) is 0 Å². The minimum absolute atomic E-state index is 0. The number of rotatable bonds is 2. The van der Waals surface area contributed by atoms with E-state index in [-0.39, 0.29) is 19.0 Å². The Morgan fingerprint density at radius 3 is 2.93 bits per heavy atom. The lowest BCUT2D eigenvalue weighted by atomic mass is 9.99. The first kappa shape index (κ1) is 11.3. The number of benzene rings is 1. The first-order valence-corrected chi connectivity index (χ1v) is 4.83. The predicted octanol–water partition coefficient (Wildman–Crippen LogP) is 2.17. The van der Waals surface area contributed by atoms with Gasteiger partial charge in [0.15, 0.2) is 0 Å². The third-order valence-corrected chi connectivity index (χ3v) is 2.75. The highest BCUT2D eigenvalue weighted by atomic mass is 35.5. The van der Waals surface area contributed by atoms with Gasteiger partial charge in [0.25, 0.3) is 0 Å². The summed E-state index contributed by atoms with van der Waals surface area (Å²) in [6.45, 7) is 3.28. The standard InChI is InChI=1S/C11H15NO.ClH/c1-2-8-4-3-5-10-9(7-13)6-12-11(8)10;/h3-5,9,12-13H,2,6-7H2,1H3;1H. The smallest absolute Gasteiger partial charge is 0.0517 e. The zero-order chi connectivity index (χ0) is 9.26. The van der Waals surface area contributed by atoms with Crippen molar-refractivity contribution in [3.63, 3.8) is 0 Å². The summed E-state index contributed by atoms with van der Waals surface area (Å²) in [5.74, 6) is 0.293. The second-order valence-corrected chi connectivity index (χ2v) is 3.50. The topological polar surface area (TPSA) is 32.3 Å². The van der Waals surface area contributed by atoms with Crippen LogP contribution in [0.1, 0.15) is 24.0 Å². The van der Waals surface area contributed by atoms with Gasteiger partial charge in [0.1, 0.15) is 0 Å². The van der Waals surface area contributed by atoms with Crippen molar-refractivity contribution in [1.29, 1.82) is 0 Å². The zero-order valence-electron chi connectivity index (χ0n) is 8.29. The number of para-hydroxylation sites is 1. The number of anilines is 1. The van der Waals surface area contributed by atoms with E-state index >= 15 is 0 Å². The molecule has 0 saturated heterocycles. The SMILES string of the molecule is CCc1cccc2c1NCC2CO.Cl. The fourth-order valence-corrected chi connectivity index (χ4v) is 1.97. The quantitative estimate of drug-likeness (QED) is 0.790. The van der Waals surface area contributed by atoms with Crippen molar-refractivity contribution in [3.8, 4) is 0 Å². The van der Waals surface area contributed by atoms with Gasteiger partial charge < -0.3 is 10.4 Å². The van der Waals surface area contributed by atoms with Crippen molar-refractivity contribution in [3.05, 3.63) is 29.3 Å². The molecule has 2 rings (SSSR count). The Hall–Kier alpha value is -0.730. The van der Waals surface area contributed by atoms with E-state index in [1.807, 2.05) is 0 Å². The molecule has 0 radical (unpaired) electrons. The van der Waals surface area contributed by atoms with Crippen LogP contribution in [0.15, 0.2) is 18.2 Å². The van der Waals surface area contributed by atoms with Crippen LogP contribution in [0.3, 0.4) is 0 Å². The van der Waals surface area contributed by atoms with Gasteiger partial charge in [0.2, 0.25) is 0 Å². The Labute approximate surface area is 90.7 Å². The van der Waals surface area contributed by atoms with Gasteiger partial charge in [-0.15, -0.1) is 12.4 Å². The molecule has 0 bridgehead atoms. The molecule has 0 fully saturated rings. The van der Waals surface area contributed by atoms with E-state index in [9.17, 15) is 0 Å². The highest BCUT2D eigenvalue weighted by molar-refractivity contribution is 5.85. The fourth-order valence-electron chi connectivity index (χ4n) is 1.97. The van der Waals surface area contributed by atoms with Crippen LogP contribution in [0.4, 0.5) is 5.69 Å². The zero-order valence-corrected chi connectivity index (χ0v) is 9.10. The molecule has 1 aliphatic rings. The Morgan fingerprint density at radius 2 is 2.29 bits per heavy atom. The van der Waals surface area contributed by atoms with Gasteiger partial charge in [0, 0.05) is 18.2 Å². The summed E-state index contributed by atoms with van der Waals surface area (Å²) in [5.41, 5.74) is 3.89. The van der Waals surface area contributed by atoms with Crippen LogP contribution < -0.4 is 5.32 Å². The van der Waals surface area contributed by atoms with E-state index in [0.29, 0.717) is 5.92 Å². The Bertz CT molecular complexity index is 314. The van der Waals surface area contributed by atoms with E-state index in [2.05, 4.69) is 30.4 Å². The summed E-state index contributed by atoms with van der Waals surface area (Å²) >= 11 is 0. The fraction of sp³-hybridized carbons (Fsp3) is 0.455. The van der Waals surface area contributed by atoms with E-state index < -0.39 is 0 Å². The van der Waals surface area contributed by atoms with Gasteiger partial charge in [-0.25, -0.2) is 0 Å². The molecule has 1 unspecified atom stereocenters. The first-order chi connectivity index (χ1) is 6.36. The van der Waals surface area contributed by atoms with Crippen molar-refractivity contribution < 1.29 is 5.11 Å². The molecule has 78 valence electrons. The lowest BCUT2D eigenvalue weighted by Gasteiger charge is -2.07. The van der Waals surface area contributed by atoms with Gasteiger partial charge in [-0.3, -0.25) is 0 Å².